The summed E-state index contributed by atoms with van der Waals surface area (Å²) in [6, 6.07) is 6.64. The van der Waals surface area contributed by atoms with E-state index in [0.717, 1.165) is 36.6 Å². The SMILES string of the molecule is O=C([O-])CCC/C=C\CC1(CCNS(=O)(=O)c2ccc(Br)cc2)CCCCC1.[Na+]. The van der Waals surface area contributed by atoms with Crippen LogP contribution in [0.1, 0.15) is 64.2 Å². The third-order valence-electron chi connectivity index (χ3n) is 5.45. The minimum absolute atomic E-state index is 0. The van der Waals surface area contributed by atoms with E-state index in [9.17, 15) is 18.3 Å². The quantitative estimate of drug-likeness (QED) is 0.282. The van der Waals surface area contributed by atoms with Gasteiger partial charge in [-0.15, -0.1) is 0 Å². The van der Waals surface area contributed by atoms with E-state index in [2.05, 4.69) is 26.7 Å². The smallest absolute Gasteiger partial charge is 0.550 e. The Hall–Kier alpha value is -0.180. The van der Waals surface area contributed by atoms with Crippen LogP contribution in [0.5, 0.6) is 0 Å². The molecule has 5 nitrogen and oxygen atoms in total. The van der Waals surface area contributed by atoms with Crippen molar-refractivity contribution in [2.45, 2.75) is 69.1 Å². The summed E-state index contributed by atoms with van der Waals surface area (Å²) in [4.78, 5) is 10.7. The van der Waals surface area contributed by atoms with Crippen molar-refractivity contribution in [2.24, 2.45) is 5.41 Å². The summed E-state index contributed by atoms with van der Waals surface area (Å²) >= 11 is 3.32. The van der Waals surface area contributed by atoms with Gasteiger partial charge in [0.25, 0.3) is 0 Å². The molecular weight excluding hydrogens is 465 g/mol. The zero-order chi connectivity index (χ0) is 20.5. The fourth-order valence-corrected chi connectivity index (χ4v) is 5.12. The number of unbranched alkanes of at least 4 members (excludes halogenated alkanes) is 1. The number of carbonyl (C=O) groups excluding carboxylic acids is 1. The maximum Gasteiger partial charge on any atom is 1.00 e. The number of rotatable bonds is 11. The molecule has 0 aromatic heterocycles. The van der Waals surface area contributed by atoms with Gasteiger partial charge in [0.1, 0.15) is 0 Å². The van der Waals surface area contributed by atoms with E-state index < -0.39 is 16.0 Å². The zero-order valence-electron chi connectivity index (χ0n) is 17.2. The van der Waals surface area contributed by atoms with Crippen LogP contribution in [0, 0.1) is 5.41 Å². The second-order valence-electron chi connectivity index (χ2n) is 7.60. The average molecular weight is 494 g/mol. The average Bonchev–Trinajstić information content (AvgIpc) is 2.65. The molecule has 0 saturated heterocycles. The maximum absolute atomic E-state index is 12.5. The van der Waals surface area contributed by atoms with E-state index in [-0.39, 0.29) is 46.3 Å². The van der Waals surface area contributed by atoms with Gasteiger partial charge in [-0.3, -0.25) is 0 Å². The number of carboxylic acids is 1. The van der Waals surface area contributed by atoms with Crippen molar-refractivity contribution in [1.82, 2.24) is 4.72 Å². The molecule has 1 fully saturated rings. The Labute approximate surface area is 205 Å². The van der Waals surface area contributed by atoms with Crippen LogP contribution in [0.4, 0.5) is 0 Å². The third kappa shape index (κ3) is 9.66. The summed E-state index contributed by atoms with van der Waals surface area (Å²) in [6.45, 7) is 0.428. The predicted octanol–water partition coefficient (Wildman–Crippen LogP) is 0.939. The topological polar surface area (TPSA) is 86.3 Å². The van der Waals surface area contributed by atoms with Crippen LogP contribution in [0.15, 0.2) is 45.8 Å². The molecular formula is C21H29BrNNaO4S. The molecule has 8 heteroatoms. The molecule has 2 rings (SSSR count). The first-order valence-corrected chi connectivity index (χ1v) is 12.2. The summed E-state index contributed by atoms with van der Waals surface area (Å²) < 4.78 is 28.6. The number of sulfonamides is 1. The van der Waals surface area contributed by atoms with Crippen molar-refractivity contribution in [3.8, 4) is 0 Å². The van der Waals surface area contributed by atoms with Crippen LogP contribution < -0.4 is 39.4 Å². The Morgan fingerprint density at radius 3 is 2.41 bits per heavy atom. The molecule has 0 unspecified atom stereocenters. The monoisotopic (exact) mass is 493 g/mol. The van der Waals surface area contributed by atoms with Gasteiger partial charge in [-0.05, 0) is 74.6 Å². The van der Waals surface area contributed by atoms with E-state index >= 15 is 0 Å². The number of allylic oxidation sites excluding steroid dienone is 2. The third-order valence-corrected chi connectivity index (χ3v) is 7.46. The van der Waals surface area contributed by atoms with Crippen LogP contribution in [-0.4, -0.2) is 20.9 Å². The maximum atomic E-state index is 12.5. The van der Waals surface area contributed by atoms with Crippen LogP contribution in [-0.2, 0) is 14.8 Å². The Morgan fingerprint density at radius 2 is 1.79 bits per heavy atom. The van der Waals surface area contributed by atoms with Crippen molar-refractivity contribution >= 4 is 31.9 Å². The second kappa shape index (κ2) is 13.3. The number of hydrogen-bond donors (Lipinski definition) is 1. The minimum Gasteiger partial charge on any atom is -0.550 e. The van der Waals surface area contributed by atoms with E-state index in [0.29, 0.717) is 13.0 Å². The van der Waals surface area contributed by atoms with Crippen molar-refractivity contribution in [1.29, 1.82) is 0 Å². The Kier molecular flexibility index (Phi) is 12.3. The molecule has 0 amide bonds. The van der Waals surface area contributed by atoms with Gasteiger partial charge in [0.05, 0.1) is 4.90 Å². The molecule has 0 atom stereocenters. The summed E-state index contributed by atoms with van der Waals surface area (Å²) in [5.74, 6) is -1.00. The van der Waals surface area contributed by atoms with Crippen LogP contribution in [0.2, 0.25) is 0 Å². The van der Waals surface area contributed by atoms with Crippen LogP contribution in [0.25, 0.3) is 0 Å². The van der Waals surface area contributed by atoms with Crippen LogP contribution >= 0.6 is 15.9 Å². The predicted molar refractivity (Wildman–Crippen MR) is 112 cm³/mol. The number of nitrogens with one attached hydrogen (secondary N) is 1. The Balaban J connectivity index is 0.00000420. The number of benzene rings is 1. The van der Waals surface area contributed by atoms with E-state index in [1.54, 1.807) is 24.3 Å². The fourth-order valence-electron chi connectivity index (χ4n) is 3.82. The minimum atomic E-state index is -3.50. The van der Waals surface area contributed by atoms with Gasteiger partial charge in [-0.1, -0.05) is 47.3 Å². The number of hydrogen-bond acceptors (Lipinski definition) is 4. The molecule has 1 aliphatic rings. The second-order valence-corrected chi connectivity index (χ2v) is 10.3. The molecule has 0 aliphatic heterocycles. The van der Waals surface area contributed by atoms with Crippen molar-refractivity contribution in [3.05, 3.63) is 40.9 Å². The van der Waals surface area contributed by atoms with Crippen molar-refractivity contribution in [2.75, 3.05) is 6.54 Å². The molecule has 1 aliphatic carbocycles. The summed E-state index contributed by atoms with van der Waals surface area (Å²) in [5.41, 5.74) is 0.130. The molecule has 1 aromatic carbocycles. The molecule has 0 radical (unpaired) electrons. The molecule has 156 valence electrons. The fraction of sp³-hybridized carbons (Fsp3) is 0.571. The van der Waals surface area contributed by atoms with Gasteiger partial charge in [-0.25, -0.2) is 13.1 Å². The molecule has 29 heavy (non-hydrogen) atoms. The number of halogens is 1. The van der Waals surface area contributed by atoms with Gasteiger partial charge in [-0.2, -0.15) is 0 Å². The van der Waals surface area contributed by atoms with Gasteiger partial charge in [0.15, 0.2) is 0 Å². The molecule has 1 saturated carbocycles. The summed E-state index contributed by atoms with van der Waals surface area (Å²) in [7, 11) is -3.50. The van der Waals surface area contributed by atoms with Crippen LogP contribution in [0.3, 0.4) is 0 Å². The largest absolute Gasteiger partial charge is 1.00 e. The first-order chi connectivity index (χ1) is 13.3. The number of carbonyl (C=O) groups is 1. The summed E-state index contributed by atoms with van der Waals surface area (Å²) in [6.07, 6.45) is 13.1. The number of aliphatic carboxylic acids is 1. The summed E-state index contributed by atoms with van der Waals surface area (Å²) in [5, 5.41) is 10.5. The molecule has 0 heterocycles. The van der Waals surface area contributed by atoms with Crippen molar-refractivity contribution < 1.29 is 47.9 Å². The van der Waals surface area contributed by atoms with E-state index in [1.165, 1.54) is 19.3 Å². The first-order valence-electron chi connectivity index (χ1n) is 9.93. The molecule has 1 N–H and O–H groups in total. The Bertz CT molecular complexity index is 759. The van der Waals surface area contributed by atoms with E-state index in [4.69, 9.17) is 0 Å². The van der Waals surface area contributed by atoms with Gasteiger partial charge in [0.2, 0.25) is 10.0 Å². The van der Waals surface area contributed by atoms with Gasteiger partial charge < -0.3 is 9.90 Å². The molecule has 1 aromatic rings. The molecule has 0 spiro atoms. The Morgan fingerprint density at radius 1 is 1.14 bits per heavy atom. The van der Waals surface area contributed by atoms with Crippen molar-refractivity contribution in [3.63, 3.8) is 0 Å². The van der Waals surface area contributed by atoms with Gasteiger partial charge >= 0.3 is 29.6 Å². The first kappa shape index (κ1) is 26.9. The normalized spacial score (nSPS) is 16.4. The number of carboxylic acid groups (broad SMARTS) is 1. The zero-order valence-corrected chi connectivity index (χ0v) is 21.6. The molecule has 0 bridgehead atoms. The van der Waals surface area contributed by atoms with E-state index in [1.807, 2.05) is 6.08 Å². The standard InChI is InChI=1S/C21H30BrNO4S.Na/c22-18-9-11-19(12-10-18)28(26,27)23-17-16-21(14-6-3-7-15-21)13-5-2-1-4-8-20(24)25;/h2,5,9-12,23H,1,3-4,6-8,13-17H2,(H,24,25);/q;+1/p-1/b5-2-;. The van der Waals surface area contributed by atoms with Gasteiger partial charge in [0, 0.05) is 17.0 Å².